The lowest BCUT2D eigenvalue weighted by Gasteiger charge is -2.32. The topological polar surface area (TPSA) is 105 Å². The molecule has 152 valence electrons. The van der Waals surface area contributed by atoms with Crippen molar-refractivity contribution in [3.8, 4) is 0 Å². The van der Waals surface area contributed by atoms with Gasteiger partial charge in [0, 0.05) is 13.1 Å². The summed E-state index contributed by atoms with van der Waals surface area (Å²) in [4.78, 5) is 52.0. The molecule has 2 saturated heterocycles. The molecule has 9 nitrogen and oxygen atoms in total. The lowest BCUT2D eigenvalue weighted by atomic mass is 10.1. The molecule has 0 aromatic rings. The third-order valence-electron chi connectivity index (χ3n) is 4.64. The SMILES string of the molecule is COC(=O)CNC(=O)C1CCCN1C(=O)C1CCCN1C(=O)OC(C)(C)C. The minimum Gasteiger partial charge on any atom is -0.468 e. The third-order valence-corrected chi connectivity index (χ3v) is 4.64. The van der Waals surface area contributed by atoms with Gasteiger partial charge in [-0.05, 0) is 46.5 Å². The Morgan fingerprint density at radius 2 is 1.59 bits per heavy atom. The molecule has 2 aliphatic heterocycles. The fourth-order valence-corrected chi connectivity index (χ4v) is 3.41. The Kier molecular flexibility index (Phi) is 6.67. The second-order valence-electron chi connectivity index (χ2n) is 7.82. The van der Waals surface area contributed by atoms with Crippen LogP contribution in [0.5, 0.6) is 0 Å². The second-order valence-corrected chi connectivity index (χ2v) is 7.82. The van der Waals surface area contributed by atoms with Crippen LogP contribution in [0.4, 0.5) is 4.79 Å². The maximum atomic E-state index is 13.0. The van der Waals surface area contributed by atoms with E-state index in [2.05, 4.69) is 10.1 Å². The van der Waals surface area contributed by atoms with Crippen molar-refractivity contribution in [2.45, 2.75) is 64.1 Å². The van der Waals surface area contributed by atoms with Crippen molar-refractivity contribution in [3.05, 3.63) is 0 Å². The van der Waals surface area contributed by atoms with E-state index in [1.807, 2.05) is 0 Å². The average molecular weight is 383 g/mol. The van der Waals surface area contributed by atoms with Gasteiger partial charge in [0.25, 0.3) is 0 Å². The van der Waals surface area contributed by atoms with Crippen LogP contribution in [0.3, 0.4) is 0 Å². The van der Waals surface area contributed by atoms with Gasteiger partial charge in [-0.1, -0.05) is 0 Å². The molecular formula is C18H29N3O6. The van der Waals surface area contributed by atoms with Gasteiger partial charge in [-0.25, -0.2) is 4.79 Å². The van der Waals surface area contributed by atoms with Crippen LogP contribution in [0.2, 0.25) is 0 Å². The number of hydrogen-bond acceptors (Lipinski definition) is 6. The Balaban J connectivity index is 2.02. The highest BCUT2D eigenvalue weighted by Crippen LogP contribution is 2.26. The molecule has 2 heterocycles. The van der Waals surface area contributed by atoms with E-state index in [1.165, 1.54) is 16.9 Å². The molecule has 0 radical (unpaired) electrons. The molecule has 2 aliphatic rings. The number of rotatable bonds is 4. The lowest BCUT2D eigenvalue weighted by molar-refractivity contribution is -0.144. The summed E-state index contributed by atoms with van der Waals surface area (Å²) < 4.78 is 9.91. The number of esters is 1. The number of methoxy groups -OCH3 is 1. The Bertz CT molecular complexity index is 600. The van der Waals surface area contributed by atoms with Crippen molar-refractivity contribution in [2.75, 3.05) is 26.7 Å². The van der Waals surface area contributed by atoms with E-state index in [0.29, 0.717) is 38.8 Å². The first kappa shape index (κ1) is 21.0. The zero-order chi connectivity index (χ0) is 20.2. The largest absolute Gasteiger partial charge is 0.468 e. The molecule has 0 aromatic carbocycles. The second kappa shape index (κ2) is 8.58. The van der Waals surface area contributed by atoms with Crippen LogP contribution in [-0.2, 0) is 23.9 Å². The van der Waals surface area contributed by atoms with Gasteiger partial charge in [0.2, 0.25) is 11.8 Å². The number of hydrogen-bond donors (Lipinski definition) is 1. The summed E-state index contributed by atoms with van der Waals surface area (Å²) in [6.07, 6.45) is 1.97. The maximum absolute atomic E-state index is 13.0. The highest BCUT2D eigenvalue weighted by molar-refractivity contribution is 5.93. The van der Waals surface area contributed by atoms with Gasteiger partial charge in [0.1, 0.15) is 24.2 Å². The Labute approximate surface area is 159 Å². The first-order chi connectivity index (χ1) is 12.6. The van der Waals surface area contributed by atoms with Crippen molar-refractivity contribution < 1.29 is 28.7 Å². The number of nitrogens with zero attached hydrogens (tertiary/aromatic N) is 2. The molecule has 2 fully saturated rings. The molecule has 0 saturated carbocycles. The minimum atomic E-state index is -0.642. The Morgan fingerprint density at radius 3 is 2.19 bits per heavy atom. The Morgan fingerprint density at radius 1 is 1.00 bits per heavy atom. The van der Waals surface area contributed by atoms with Crippen molar-refractivity contribution in [1.82, 2.24) is 15.1 Å². The zero-order valence-corrected chi connectivity index (χ0v) is 16.4. The van der Waals surface area contributed by atoms with E-state index in [9.17, 15) is 19.2 Å². The van der Waals surface area contributed by atoms with Crippen LogP contribution in [0.15, 0.2) is 0 Å². The summed E-state index contributed by atoms with van der Waals surface area (Å²) in [5, 5.41) is 2.50. The Hall–Kier alpha value is -2.32. The molecule has 0 bridgehead atoms. The van der Waals surface area contributed by atoms with Gasteiger partial charge in [-0.15, -0.1) is 0 Å². The minimum absolute atomic E-state index is 0.235. The van der Waals surface area contributed by atoms with Crippen LogP contribution in [0.25, 0.3) is 0 Å². The van der Waals surface area contributed by atoms with E-state index in [0.717, 1.165) is 0 Å². The summed E-state index contributed by atoms with van der Waals surface area (Å²) in [6.45, 7) is 6.01. The summed E-state index contributed by atoms with van der Waals surface area (Å²) >= 11 is 0. The quantitative estimate of drug-likeness (QED) is 0.715. The fraction of sp³-hybridized carbons (Fsp3) is 0.778. The number of ether oxygens (including phenoxy) is 2. The average Bonchev–Trinajstić information content (AvgIpc) is 3.26. The van der Waals surface area contributed by atoms with Crippen LogP contribution < -0.4 is 5.32 Å². The molecule has 9 heteroatoms. The van der Waals surface area contributed by atoms with Gasteiger partial charge >= 0.3 is 12.1 Å². The van der Waals surface area contributed by atoms with E-state index in [1.54, 1.807) is 20.8 Å². The molecule has 2 rings (SSSR count). The summed E-state index contributed by atoms with van der Waals surface area (Å²) in [7, 11) is 1.24. The molecule has 0 aliphatic carbocycles. The van der Waals surface area contributed by atoms with E-state index >= 15 is 0 Å². The normalized spacial score (nSPS) is 22.5. The summed E-state index contributed by atoms with van der Waals surface area (Å²) in [5.41, 5.74) is -0.642. The number of amides is 3. The highest BCUT2D eigenvalue weighted by Gasteiger charge is 2.43. The molecule has 2 unspecified atom stereocenters. The molecule has 2 atom stereocenters. The molecular weight excluding hydrogens is 354 g/mol. The van der Waals surface area contributed by atoms with Crippen molar-refractivity contribution in [2.24, 2.45) is 0 Å². The van der Waals surface area contributed by atoms with Crippen molar-refractivity contribution >= 4 is 23.9 Å². The summed E-state index contributed by atoms with van der Waals surface area (Å²) in [5.74, 6) is -1.17. The predicted octanol–water partition coefficient (Wildman–Crippen LogP) is 0.666. The van der Waals surface area contributed by atoms with Crippen LogP contribution in [0.1, 0.15) is 46.5 Å². The molecule has 27 heavy (non-hydrogen) atoms. The van der Waals surface area contributed by atoms with Gasteiger partial charge < -0.3 is 19.7 Å². The molecule has 3 amide bonds. The highest BCUT2D eigenvalue weighted by atomic mass is 16.6. The standard InChI is InChI=1S/C18H29N3O6/c1-18(2,3)27-17(25)21-10-6-8-13(21)16(24)20-9-5-7-12(20)15(23)19-11-14(22)26-4/h12-13H,5-11H2,1-4H3,(H,19,23). The van der Waals surface area contributed by atoms with Crippen LogP contribution in [-0.4, -0.2) is 78.1 Å². The van der Waals surface area contributed by atoms with Gasteiger partial charge in [-0.2, -0.15) is 0 Å². The number of carbonyl (C=O) groups is 4. The number of likely N-dealkylation sites (tertiary alicyclic amines) is 2. The summed E-state index contributed by atoms with van der Waals surface area (Å²) in [6, 6.07) is -1.25. The maximum Gasteiger partial charge on any atom is 0.410 e. The van der Waals surface area contributed by atoms with E-state index < -0.39 is 29.7 Å². The monoisotopic (exact) mass is 383 g/mol. The fourth-order valence-electron chi connectivity index (χ4n) is 3.41. The first-order valence-electron chi connectivity index (χ1n) is 9.28. The van der Waals surface area contributed by atoms with Gasteiger partial charge in [0.15, 0.2) is 0 Å². The molecule has 0 spiro atoms. The number of nitrogens with one attached hydrogen (secondary N) is 1. The predicted molar refractivity (Wildman–Crippen MR) is 95.7 cm³/mol. The van der Waals surface area contributed by atoms with Crippen molar-refractivity contribution in [3.63, 3.8) is 0 Å². The molecule has 0 aromatic heterocycles. The smallest absolute Gasteiger partial charge is 0.410 e. The van der Waals surface area contributed by atoms with Crippen molar-refractivity contribution in [1.29, 1.82) is 0 Å². The zero-order valence-electron chi connectivity index (χ0n) is 16.4. The molecule has 1 N–H and O–H groups in total. The van der Waals surface area contributed by atoms with Crippen LogP contribution >= 0.6 is 0 Å². The van der Waals surface area contributed by atoms with E-state index in [4.69, 9.17) is 4.74 Å². The lowest BCUT2D eigenvalue weighted by Crippen LogP contribution is -2.53. The van der Waals surface area contributed by atoms with Gasteiger partial charge in [0.05, 0.1) is 7.11 Å². The van der Waals surface area contributed by atoms with Gasteiger partial charge in [-0.3, -0.25) is 19.3 Å². The van der Waals surface area contributed by atoms with E-state index in [-0.39, 0.29) is 18.4 Å². The third kappa shape index (κ3) is 5.33. The number of carbonyl (C=O) groups excluding carboxylic acids is 4. The van der Waals surface area contributed by atoms with Crippen LogP contribution in [0, 0.1) is 0 Å². The first-order valence-corrected chi connectivity index (χ1v) is 9.28.